The molecule has 0 bridgehead atoms. The van der Waals surface area contributed by atoms with Crippen LogP contribution in [0.4, 0.5) is 8.78 Å². The molecule has 0 aromatic heterocycles. The summed E-state index contributed by atoms with van der Waals surface area (Å²) in [6, 6.07) is 4.65. The number of hydrogen-bond donors (Lipinski definition) is 0. The van der Waals surface area contributed by atoms with Gasteiger partial charge in [0.2, 0.25) is 0 Å². The zero-order valence-electron chi connectivity index (χ0n) is 8.76. The van der Waals surface area contributed by atoms with E-state index in [9.17, 15) is 13.6 Å². The van der Waals surface area contributed by atoms with Gasteiger partial charge in [0.05, 0.1) is 11.2 Å². The maximum absolute atomic E-state index is 12.2. The van der Waals surface area contributed by atoms with E-state index in [0.717, 1.165) is 0 Å². The quantitative estimate of drug-likeness (QED) is 0.747. The summed E-state index contributed by atoms with van der Waals surface area (Å²) in [7, 11) is 0. The maximum atomic E-state index is 12.2. The van der Waals surface area contributed by atoms with E-state index in [-0.39, 0.29) is 29.2 Å². The molecule has 1 aromatic carbocycles. The Kier molecular flexibility index (Phi) is 5.85. The fraction of sp³-hybridized carbons (Fsp3) is 0.364. The standard InChI is InChI=1S/C11H10BrClF2O2/c12-5-8(16)4-7-2-1-3-10(9(7)6-13)17-11(14)15/h1-3,11H,4-6H2. The third-order valence-electron chi connectivity index (χ3n) is 2.12. The highest BCUT2D eigenvalue weighted by Gasteiger charge is 2.14. The van der Waals surface area contributed by atoms with E-state index >= 15 is 0 Å². The molecule has 1 rings (SSSR count). The first-order valence-electron chi connectivity index (χ1n) is 4.77. The Morgan fingerprint density at radius 2 is 2.18 bits per heavy atom. The van der Waals surface area contributed by atoms with Gasteiger partial charge in [0.25, 0.3) is 0 Å². The molecule has 0 aliphatic carbocycles. The third-order valence-corrected chi connectivity index (χ3v) is 3.01. The van der Waals surface area contributed by atoms with Crippen molar-refractivity contribution in [2.45, 2.75) is 18.9 Å². The summed E-state index contributed by atoms with van der Waals surface area (Å²) in [5, 5.41) is 0.217. The van der Waals surface area contributed by atoms with Crippen molar-refractivity contribution in [1.82, 2.24) is 0 Å². The molecule has 0 N–H and O–H groups in total. The Morgan fingerprint density at radius 3 is 2.71 bits per heavy atom. The number of benzene rings is 1. The molecule has 0 spiro atoms. The van der Waals surface area contributed by atoms with Crippen LogP contribution < -0.4 is 4.74 Å². The number of Topliss-reactive ketones (excluding diaryl/α,β-unsaturated/α-hetero) is 1. The Labute approximate surface area is 111 Å². The number of rotatable bonds is 6. The monoisotopic (exact) mass is 326 g/mol. The summed E-state index contributed by atoms with van der Waals surface area (Å²) in [5.74, 6) is -0.00575. The van der Waals surface area contributed by atoms with Crippen LogP contribution in [0.3, 0.4) is 0 Å². The van der Waals surface area contributed by atoms with E-state index in [4.69, 9.17) is 11.6 Å². The zero-order chi connectivity index (χ0) is 12.8. The van der Waals surface area contributed by atoms with E-state index in [1.165, 1.54) is 6.07 Å². The Hall–Kier alpha value is -0.680. The minimum absolute atomic E-state index is 0.0216. The second kappa shape index (κ2) is 6.91. The van der Waals surface area contributed by atoms with Gasteiger partial charge in [-0.2, -0.15) is 8.78 Å². The van der Waals surface area contributed by atoms with E-state index in [2.05, 4.69) is 20.7 Å². The van der Waals surface area contributed by atoms with Gasteiger partial charge >= 0.3 is 6.61 Å². The topological polar surface area (TPSA) is 26.3 Å². The minimum atomic E-state index is -2.90. The van der Waals surface area contributed by atoms with Crippen molar-refractivity contribution in [2.24, 2.45) is 0 Å². The molecule has 17 heavy (non-hydrogen) atoms. The van der Waals surface area contributed by atoms with Crippen LogP contribution in [-0.2, 0) is 17.1 Å². The Bertz CT molecular complexity index is 399. The van der Waals surface area contributed by atoms with E-state index in [1.54, 1.807) is 12.1 Å². The lowest BCUT2D eigenvalue weighted by Crippen LogP contribution is -2.09. The SMILES string of the molecule is O=C(CBr)Cc1cccc(OC(F)F)c1CCl. The minimum Gasteiger partial charge on any atom is -0.434 e. The first-order chi connectivity index (χ1) is 8.08. The lowest BCUT2D eigenvalue weighted by atomic mass is 10.0. The van der Waals surface area contributed by atoms with Crippen molar-refractivity contribution < 1.29 is 18.3 Å². The molecule has 0 heterocycles. The summed E-state index contributed by atoms with van der Waals surface area (Å²) < 4.78 is 28.7. The average molecular weight is 328 g/mol. The molecule has 0 saturated carbocycles. The third kappa shape index (κ3) is 4.24. The molecular formula is C11H10BrClF2O2. The molecule has 0 fully saturated rings. The van der Waals surface area contributed by atoms with Crippen LogP contribution in [0, 0.1) is 0 Å². The van der Waals surface area contributed by atoms with Crippen LogP contribution in [0.1, 0.15) is 11.1 Å². The number of alkyl halides is 4. The fourth-order valence-electron chi connectivity index (χ4n) is 1.39. The van der Waals surface area contributed by atoms with Crippen LogP contribution in [-0.4, -0.2) is 17.7 Å². The van der Waals surface area contributed by atoms with Gasteiger partial charge in [0, 0.05) is 12.0 Å². The van der Waals surface area contributed by atoms with Gasteiger partial charge in [-0.1, -0.05) is 28.1 Å². The number of ether oxygens (including phenoxy) is 1. The van der Waals surface area contributed by atoms with Crippen LogP contribution in [0.2, 0.25) is 0 Å². The van der Waals surface area contributed by atoms with Gasteiger partial charge in [-0.25, -0.2) is 0 Å². The van der Waals surface area contributed by atoms with Gasteiger partial charge in [0.1, 0.15) is 11.5 Å². The van der Waals surface area contributed by atoms with Crippen molar-refractivity contribution in [3.8, 4) is 5.75 Å². The summed E-state index contributed by atoms with van der Waals surface area (Å²) in [6.07, 6.45) is 0.147. The molecule has 2 nitrogen and oxygen atoms in total. The molecule has 0 aliphatic heterocycles. The van der Waals surface area contributed by atoms with E-state index in [1.807, 2.05) is 0 Å². The molecule has 0 radical (unpaired) electrons. The molecular weight excluding hydrogens is 317 g/mol. The highest BCUT2D eigenvalue weighted by Crippen LogP contribution is 2.26. The van der Waals surface area contributed by atoms with Crippen LogP contribution in [0.25, 0.3) is 0 Å². The molecule has 0 aliphatic rings. The van der Waals surface area contributed by atoms with Gasteiger partial charge in [0.15, 0.2) is 0 Å². The molecule has 0 amide bonds. The van der Waals surface area contributed by atoms with E-state index < -0.39 is 6.61 Å². The normalized spacial score (nSPS) is 10.6. The molecule has 0 atom stereocenters. The number of hydrogen-bond acceptors (Lipinski definition) is 2. The van der Waals surface area contributed by atoms with Crippen LogP contribution in [0.5, 0.6) is 5.75 Å². The first-order valence-corrected chi connectivity index (χ1v) is 6.43. The summed E-state index contributed by atoms with van der Waals surface area (Å²) >= 11 is 8.74. The Morgan fingerprint density at radius 1 is 1.47 bits per heavy atom. The predicted molar refractivity (Wildman–Crippen MR) is 65.1 cm³/mol. The number of halogens is 4. The van der Waals surface area contributed by atoms with Crippen molar-refractivity contribution in [1.29, 1.82) is 0 Å². The summed E-state index contributed by atoms with van der Waals surface area (Å²) in [5.41, 5.74) is 1.05. The highest BCUT2D eigenvalue weighted by molar-refractivity contribution is 9.09. The number of ketones is 1. The predicted octanol–water partition coefficient (Wildman–Crippen LogP) is 3.53. The second-order valence-electron chi connectivity index (χ2n) is 3.26. The fourth-order valence-corrected chi connectivity index (χ4v) is 1.90. The summed E-state index contributed by atoms with van der Waals surface area (Å²) in [4.78, 5) is 11.3. The molecule has 0 saturated heterocycles. The van der Waals surface area contributed by atoms with Crippen molar-refractivity contribution in [2.75, 3.05) is 5.33 Å². The van der Waals surface area contributed by atoms with Gasteiger partial charge in [-0.15, -0.1) is 11.6 Å². The first kappa shape index (κ1) is 14.4. The van der Waals surface area contributed by atoms with Crippen molar-refractivity contribution in [3.63, 3.8) is 0 Å². The van der Waals surface area contributed by atoms with Gasteiger partial charge in [-0.05, 0) is 11.6 Å². The largest absolute Gasteiger partial charge is 0.434 e. The van der Waals surface area contributed by atoms with E-state index in [0.29, 0.717) is 11.1 Å². The maximum Gasteiger partial charge on any atom is 0.387 e. The Balaban J connectivity index is 3.00. The molecule has 1 aromatic rings. The van der Waals surface area contributed by atoms with Gasteiger partial charge in [-0.3, -0.25) is 4.79 Å². The molecule has 0 unspecified atom stereocenters. The zero-order valence-corrected chi connectivity index (χ0v) is 11.1. The van der Waals surface area contributed by atoms with Crippen LogP contribution in [0.15, 0.2) is 18.2 Å². The number of carbonyl (C=O) groups excluding carboxylic acids is 1. The van der Waals surface area contributed by atoms with Crippen LogP contribution >= 0.6 is 27.5 Å². The average Bonchev–Trinajstić information content (AvgIpc) is 2.28. The van der Waals surface area contributed by atoms with Crippen molar-refractivity contribution in [3.05, 3.63) is 29.3 Å². The molecule has 6 heteroatoms. The molecule has 94 valence electrons. The second-order valence-corrected chi connectivity index (χ2v) is 4.08. The summed E-state index contributed by atoms with van der Waals surface area (Å²) in [6.45, 7) is -2.90. The smallest absolute Gasteiger partial charge is 0.387 e. The lowest BCUT2D eigenvalue weighted by Gasteiger charge is -2.12. The van der Waals surface area contributed by atoms with Gasteiger partial charge < -0.3 is 4.74 Å². The highest BCUT2D eigenvalue weighted by atomic mass is 79.9. The van der Waals surface area contributed by atoms with Crippen molar-refractivity contribution >= 4 is 33.3 Å². The number of carbonyl (C=O) groups is 1. The lowest BCUT2D eigenvalue weighted by molar-refractivity contribution is -0.115.